The number of halogens is 2. The first-order valence-corrected chi connectivity index (χ1v) is 9.64. The normalized spacial score (nSPS) is 11.0. The molecule has 6 heteroatoms. The van der Waals surface area contributed by atoms with Gasteiger partial charge in [0, 0.05) is 10.8 Å². The van der Waals surface area contributed by atoms with Gasteiger partial charge in [-0.25, -0.2) is 9.37 Å². The van der Waals surface area contributed by atoms with Crippen LogP contribution in [0.25, 0.3) is 16.6 Å². The summed E-state index contributed by atoms with van der Waals surface area (Å²) in [4.78, 5) is 17.8. The van der Waals surface area contributed by atoms with Crippen molar-refractivity contribution in [2.24, 2.45) is 0 Å². The molecule has 0 amide bonds. The van der Waals surface area contributed by atoms with Crippen molar-refractivity contribution in [3.05, 3.63) is 99.6 Å². The number of fused-ring (bicyclic) bond motifs is 1. The molecule has 4 rings (SSSR count). The quantitative estimate of drug-likeness (QED) is 0.339. The number of nitrogens with zero attached hydrogens (tertiary/aromatic N) is 2. The maximum atomic E-state index is 14.0. The molecule has 0 saturated heterocycles. The van der Waals surface area contributed by atoms with Crippen LogP contribution in [0.4, 0.5) is 4.39 Å². The predicted octanol–water partition coefficient (Wildman–Crippen LogP) is 5.47. The standard InChI is InChI=1S/C21H14ClFN2OS/c22-15-9-11-16(12-10-15)25-20(26)17-6-2-4-8-19(17)24-21(25)27-13-14-5-1-3-7-18(14)23/h1-12H,13H2. The van der Waals surface area contributed by atoms with Gasteiger partial charge in [0.15, 0.2) is 5.16 Å². The summed E-state index contributed by atoms with van der Waals surface area (Å²) < 4.78 is 15.5. The van der Waals surface area contributed by atoms with Crippen LogP contribution in [0.5, 0.6) is 0 Å². The van der Waals surface area contributed by atoms with Gasteiger partial charge in [0.05, 0.1) is 16.6 Å². The summed E-state index contributed by atoms with van der Waals surface area (Å²) in [5, 5.41) is 1.62. The van der Waals surface area contributed by atoms with Crippen LogP contribution in [0.2, 0.25) is 5.02 Å². The Morgan fingerprint density at radius 2 is 1.67 bits per heavy atom. The molecule has 0 atom stereocenters. The van der Waals surface area contributed by atoms with E-state index < -0.39 is 0 Å². The van der Waals surface area contributed by atoms with Crippen molar-refractivity contribution in [3.8, 4) is 5.69 Å². The Balaban J connectivity index is 1.84. The highest BCUT2D eigenvalue weighted by Gasteiger charge is 2.14. The zero-order chi connectivity index (χ0) is 18.8. The maximum absolute atomic E-state index is 14.0. The Morgan fingerprint density at radius 1 is 0.963 bits per heavy atom. The molecule has 0 aliphatic rings. The Morgan fingerprint density at radius 3 is 2.44 bits per heavy atom. The highest BCUT2D eigenvalue weighted by Crippen LogP contribution is 2.26. The van der Waals surface area contributed by atoms with Gasteiger partial charge in [-0.3, -0.25) is 9.36 Å². The van der Waals surface area contributed by atoms with Crippen LogP contribution in [0.1, 0.15) is 5.56 Å². The molecule has 0 aliphatic carbocycles. The summed E-state index contributed by atoms with van der Waals surface area (Å²) in [5.74, 6) is 0.0941. The summed E-state index contributed by atoms with van der Waals surface area (Å²) >= 11 is 7.30. The molecule has 0 aliphatic heterocycles. The monoisotopic (exact) mass is 396 g/mol. The summed E-state index contributed by atoms with van der Waals surface area (Å²) in [7, 11) is 0. The molecular weight excluding hydrogens is 383 g/mol. The minimum absolute atomic E-state index is 0.168. The lowest BCUT2D eigenvalue weighted by molar-refractivity contribution is 0.617. The lowest BCUT2D eigenvalue weighted by Crippen LogP contribution is -2.21. The van der Waals surface area contributed by atoms with Gasteiger partial charge in [0.2, 0.25) is 0 Å². The van der Waals surface area contributed by atoms with Crippen molar-refractivity contribution in [1.29, 1.82) is 0 Å². The first-order chi connectivity index (χ1) is 13.1. The van der Waals surface area contributed by atoms with Crippen LogP contribution in [-0.2, 0) is 5.75 Å². The lowest BCUT2D eigenvalue weighted by Gasteiger charge is -2.13. The van der Waals surface area contributed by atoms with Gasteiger partial charge >= 0.3 is 0 Å². The van der Waals surface area contributed by atoms with E-state index in [0.29, 0.717) is 38.1 Å². The Hall–Kier alpha value is -2.63. The number of aromatic nitrogens is 2. The fraction of sp³-hybridized carbons (Fsp3) is 0.0476. The van der Waals surface area contributed by atoms with Crippen molar-refractivity contribution in [3.63, 3.8) is 0 Å². The van der Waals surface area contributed by atoms with E-state index in [1.165, 1.54) is 17.8 Å². The fourth-order valence-corrected chi connectivity index (χ4v) is 3.91. The number of para-hydroxylation sites is 1. The molecule has 1 heterocycles. The van der Waals surface area contributed by atoms with Gasteiger partial charge in [-0.2, -0.15) is 0 Å². The minimum atomic E-state index is -0.272. The molecule has 0 unspecified atom stereocenters. The largest absolute Gasteiger partial charge is 0.268 e. The third-order valence-electron chi connectivity index (χ3n) is 4.14. The van der Waals surface area contributed by atoms with Crippen LogP contribution in [0.15, 0.2) is 82.7 Å². The van der Waals surface area contributed by atoms with Gasteiger partial charge in [-0.15, -0.1) is 0 Å². The molecular formula is C21H14ClFN2OS. The molecule has 3 aromatic carbocycles. The molecule has 0 radical (unpaired) electrons. The first-order valence-electron chi connectivity index (χ1n) is 8.27. The molecule has 0 spiro atoms. The van der Waals surface area contributed by atoms with Crippen LogP contribution in [0, 0.1) is 5.82 Å². The minimum Gasteiger partial charge on any atom is -0.268 e. The summed E-state index contributed by atoms with van der Waals surface area (Å²) in [5.41, 5.74) is 1.67. The molecule has 1 aromatic heterocycles. The third-order valence-corrected chi connectivity index (χ3v) is 5.38. The Kier molecular flexibility index (Phi) is 4.97. The van der Waals surface area contributed by atoms with Crippen molar-refractivity contribution in [1.82, 2.24) is 9.55 Å². The van der Waals surface area contributed by atoms with E-state index in [-0.39, 0.29) is 11.4 Å². The maximum Gasteiger partial charge on any atom is 0.266 e. The number of hydrogen-bond acceptors (Lipinski definition) is 3. The molecule has 0 saturated carbocycles. The molecule has 134 valence electrons. The average Bonchev–Trinajstić information content (AvgIpc) is 2.69. The number of benzene rings is 3. The van der Waals surface area contributed by atoms with E-state index in [1.54, 1.807) is 59.2 Å². The van der Waals surface area contributed by atoms with Crippen molar-refractivity contribution in [2.75, 3.05) is 0 Å². The van der Waals surface area contributed by atoms with E-state index in [2.05, 4.69) is 4.98 Å². The van der Waals surface area contributed by atoms with Gasteiger partial charge < -0.3 is 0 Å². The summed E-state index contributed by atoms with van der Waals surface area (Å²) in [6.07, 6.45) is 0. The third kappa shape index (κ3) is 3.61. The van der Waals surface area contributed by atoms with Gasteiger partial charge in [-0.1, -0.05) is 53.7 Å². The number of hydrogen-bond donors (Lipinski definition) is 0. The second-order valence-corrected chi connectivity index (χ2v) is 7.29. The van der Waals surface area contributed by atoms with Crippen LogP contribution < -0.4 is 5.56 Å². The van der Waals surface area contributed by atoms with E-state index in [1.807, 2.05) is 12.1 Å². The zero-order valence-electron chi connectivity index (χ0n) is 14.1. The molecule has 0 N–H and O–H groups in total. The predicted molar refractivity (Wildman–Crippen MR) is 108 cm³/mol. The topological polar surface area (TPSA) is 34.9 Å². The van der Waals surface area contributed by atoms with Crippen molar-refractivity contribution >= 4 is 34.3 Å². The molecule has 0 bridgehead atoms. The Bertz CT molecular complexity index is 1170. The molecule has 0 fully saturated rings. The van der Waals surface area contributed by atoms with E-state index in [4.69, 9.17) is 11.6 Å². The van der Waals surface area contributed by atoms with Crippen LogP contribution >= 0.6 is 23.4 Å². The SMILES string of the molecule is O=c1c2ccccc2nc(SCc2ccccc2F)n1-c1ccc(Cl)cc1. The van der Waals surface area contributed by atoms with Gasteiger partial charge in [0.1, 0.15) is 5.82 Å². The summed E-state index contributed by atoms with van der Waals surface area (Å²) in [6, 6.07) is 20.8. The molecule has 27 heavy (non-hydrogen) atoms. The van der Waals surface area contributed by atoms with Crippen LogP contribution in [0.3, 0.4) is 0 Å². The second-order valence-electron chi connectivity index (χ2n) is 5.91. The van der Waals surface area contributed by atoms with Gasteiger partial charge in [-0.05, 0) is 48.0 Å². The average molecular weight is 397 g/mol. The number of rotatable bonds is 4. The molecule has 4 aromatic rings. The molecule has 3 nitrogen and oxygen atoms in total. The van der Waals surface area contributed by atoms with E-state index in [9.17, 15) is 9.18 Å². The highest BCUT2D eigenvalue weighted by atomic mass is 35.5. The van der Waals surface area contributed by atoms with Crippen molar-refractivity contribution < 1.29 is 4.39 Å². The van der Waals surface area contributed by atoms with Gasteiger partial charge in [0.25, 0.3) is 5.56 Å². The fourth-order valence-electron chi connectivity index (χ4n) is 2.78. The Labute approximate surface area is 164 Å². The smallest absolute Gasteiger partial charge is 0.266 e. The summed E-state index contributed by atoms with van der Waals surface area (Å²) in [6.45, 7) is 0. The number of thioether (sulfide) groups is 1. The van der Waals surface area contributed by atoms with E-state index in [0.717, 1.165) is 0 Å². The lowest BCUT2D eigenvalue weighted by atomic mass is 10.2. The van der Waals surface area contributed by atoms with E-state index >= 15 is 0 Å². The first kappa shape index (κ1) is 17.8. The second kappa shape index (κ2) is 7.55. The highest BCUT2D eigenvalue weighted by molar-refractivity contribution is 7.98. The van der Waals surface area contributed by atoms with Crippen LogP contribution in [-0.4, -0.2) is 9.55 Å². The van der Waals surface area contributed by atoms with Crippen molar-refractivity contribution in [2.45, 2.75) is 10.9 Å². The zero-order valence-corrected chi connectivity index (χ0v) is 15.7.